The Morgan fingerprint density at radius 1 is 1.69 bits per heavy atom. The molecule has 1 saturated heterocycles. The third kappa shape index (κ3) is 1.70. The summed E-state index contributed by atoms with van der Waals surface area (Å²) in [5.41, 5.74) is 6.49. The molecular weight excluding hydrogens is 206 g/mol. The molecule has 1 aliphatic heterocycles. The van der Waals surface area contributed by atoms with Crippen LogP contribution < -0.4 is 16.0 Å². The number of likely N-dealkylation sites (N-methyl/N-ethyl adjacent to an activating group) is 1. The zero-order valence-corrected chi connectivity index (χ0v) is 9.60. The normalized spacial score (nSPS) is 20.1. The molecule has 88 valence electrons. The van der Waals surface area contributed by atoms with E-state index in [4.69, 9.17) is 5.73 Å². The maximum absolute atomic E-state index is 11.7. The van der Waals surface area contributed by atoms with E-state index in [1.54, 1.807) is 17.9 Å². The molecule has 2 rings (SSSR count). The zero-order chi connectivity index (χ0) is 11.7. The van der Waals surface area contributed by atoms with Crippen LogP contribution in [0.5, 0.6) is 0 Å². The van der Waals surface area contributed by atoms with E-state index in [1.807, 2.05) is 11.9 Å². The minimum absolute atomic E-state index is 0.0301. The highest BCUT2D eigenvalue weighted by atomic mass is 16.2. The van der Waals surface area contributed by atoms with E-state index >= 15 is 0 Å². The molecule has 2 heterocycles. The number of nitrogens with zero attached hydrogens (tertiary/aromatic N) is 3. The zero-order valence-electron chi connectivity index (χ0n) is 9.60. The lowest BCUT2D eigenvalue weighted by atomic mass is 10.2. The average molecular weight is 223 g/mol. The number of anilines is 2. The van der Waals surface area contributed by atoms with Gasteiger partial charge in [0.05, 0.1) is 5.69 Å². The van der Waals surface area contributed by atoms with Crippen molar-refractivity contribution in [3.63, 3.8) is 0 Å². The fraction of sp³-hybridized carbons (Fsp3) is 0.600. The summed E-state index contributed by atoms with van der Waals surface area (Å²) in [5.74, 6) is 0.746. The van der Waals surface area contributed by atoms with E-state index in [1.165, 1.54) is 0 Å². The van der Waals surface area contributed by atoms with Crippen molar-refractivity contribution in [1.29, 1.82) is 0 Å². The quantitative estimate of drug-likeness (QED) is 0.723. The molecule has 1 aliphatic rings. The number of nitrogens with one attached hydrogen (secondary N) is 1. The van der Waals surface area contributed by atoms with Gasteiger partial charge >= 0.3 is 0 Å². The highest BCUT2D eigenvalue weighted by Crippen LogP contribution is 2.28. The Balaban J connectivity index is 2.26. The predicted octanol–water partition coefficient (Wildman–Crippen LogP) is -0.283. The maximum Gasteiger partial charge on any atom is 0.242 e. The lowest BCUT2D eigenvalue weighted by molar-refractivity contribution is -0.121. The number of aryl methyl sites for hydroxylation is 1. The highest BCUT2D eigenvalue weighted by Gasteiger charge is 2.32. The summed E-state index contributed by atoms with van der Waals surface area (Å²) < 4.78 is 1.67. The van der Waals surface area contributed by atoms with Crippen LogP contribution in [0.15, 0.2) is 6.20 Å². The van der Waals surface area contributed by atoms with E-state index < -0.39 is 0 Å². The van der Waals surface area contributed by atoms with Crippen LogP contribution in [-0.4, -0.2) is 35.3 Å². The molecule has 1 atom stereocenters. The first-order valence-electron chi connectivity index (χ1n) is 5.41. The number of amides is 1. The Morgan fingerprint density at radius 2 is 2.44 bits per heavy atom. The third-order valence-electron chi connectivity index (χ3n) is 2.91. The smallest absolute Gasteiger partial charge is 0.242 e. The summed E-state index contributed by atoms with van der Waals surface area (Å²) in [6, 6.07) is -0.137. The molecule has 6 nitrogen and oxygen atoms in total. The van der Waals surface area contributed by atoms with Crippen LogP contribution in [0.2, 0.25) is 0 Å². The Morgan fingerprint density at radius 3 is 3.00 bits per heavy atom. The first-order valence-corrected chi connectivity index (χ1v) is 5.41. The first kappa shape index (κ1) is 10.8. The van der Waals surface area contributed by atoms with Crippen molar-refractivity contribution in [2.24, 2.45) is 7.05 Å². The summed E-state index contributed by atoms with van der Waals surface area (Å²) in [5, 5.41) is 6.97. The number of rotatable bonds is 2. The van der Waals surface area contributed by atoms with Crippen LogP contribution in [0.3, 0.4) is 0 Å². The number of nitrogen functional groups attached to an aromatic ring is 1. The summed E-state index contributed by atoms with van der Waals surface area (Å²) in [4.78, 5) is 13.7. The van der Waals surface area contributed by atoms with Gasteiger partial charge in [0.1, 0.15) is 6.04 Å². The molecule has 1 amide bonds. The minimum atomic E-state index is -0.137. The molecule has 1 aromatic heterocycles. The molecular formula is C10H17N5O. The van der Waals surface area contributed by atoms with Gasteiger partial charge in [0.2, 0.25) is 5.91 Å². The Bertz CT molecular complexity index is 400. The molecule has 3 N–H and O–H groups in total. The van der Waals surface area contributed by atoms with Crippen LogP contribution in [0, 0.1) is 0 Å². The van der Waals surface area contributed by atoms with Gasteiger partial charge in [-0.1, -0.05) is 0 Å². The van der Waals surface area contributed by atoms with Crippen molar-refractivity contribution >= 4 is 17.4 Å². The summed E-state index contributed by atoms with van der Waals surface area (Å²) >= 11 is 0. The number of hydrogen-bond donors (Lipinski definition) is 2. The summed E-state index contributed by atoms with van der Waals surface area (Å²) in [7, 11) is 3.48. The van der Waals surface area contributed by atoms with Gasteiger partial charge in [0, 0.05) is 26.8 Å². The van der Waals surface area contributed by atoms with Crippen molar-refractivity contribution in [3.8, 4) is 0 Å². The van der Waals surface area contributed by atoms with Crippen LogP contribution in [0.1, 0.15) is 12.8 Å². The van der Waals surface area contributed by atoms with Crippen molar-refractivity contribution in [2.75, 3.05) is 24.2 Å². The van der Waals surface area contributed by atoms with Crippen molar-refractivity contribution in [2.45, 2.75) is 18.9 Å². The molecule has 0 aliphatic carbocycles. The van der Waals surface area contributed by atoms with Crippen LogP contribution in [-0.2, 0) is 11.8 Å². The number of aromatic nitrogens is 2. The van der Waals surface area contributed by atoms with Gasteiger partial charge in [-0.25, -0.2) is 0 Å². The van der Waals surface area contributed by atoms with E-state index in [9.17, 15) is 4.79 Å². The van der Waals surface area contributed by atoms with Crippen molar-refractivity contribution in [1.82, 2.24) is 15.1 Å². The van der Waals surface area contributed by atoms with Gasteiger partial charge in [-0.15, -0.1) is 0 Å². The first-order chi connectivity index (χ1) is 7.63. The van der Waals surface area contributed by atoms with Crippen LogP contribution >= 0.6 is 0 Å². The molecule has 1 unspecified atom stereocenters. The second-order valence-electron chi connectivity index (χ2n) is 4.05. The van der Waals surface area contributed by atoms with Gasteiger partial charge in [-0.3, -0.25) is 9.48 Å². The molecule has 0 spiro atoms. The summed E-state index contributed by atoms with van der Waals surface area (Å²) in [6.07, 6.45) is 3.61. The predicted molar refractivity (Wildman–Crippen MR) is 62.1 cm³/mol. The molecule has 0 aromatic carbocycles. The standard InChI is InChI=1S/C10H17N5O/c1-12-10(16)8-4-3-5-15(8)9-7(11)6-14(2)13-9/h6,8H,3-5,11H2,1-2H3,(H,12,16). The summed E-state index contributed by atoms with van der Waals surface area (Å²) in [6.45, 7) is 0.833. The molecule has 16 heavy (non-hydrogen) atoms. The fourth-order valence-electron chi connectivity index (χ4n) is 2.18. The average Bonchev–Trinajstić information content (AvgIpc) is 2.83. The van der Waals surface area contributed by atoms with Crippen LogP contribution in [0.4, 0.5) is 11.5 Å². The molecule has 1 aromatic rings. The lowest BCUT2D eigenvalue weighted by Gasteiger charge is -2.23. The van der Waals surface area contributed by atoms with Gasteiger partial charge < -0.3 is 16.0 Å². The lowest BCUT2D eigenvalue weighted by Crippen LogP contribution is -2.42. The van der Waals surface area contributed by atoms with E-state index in [2.05, 4.69) is 10.4 Å². The van der Waals surface area contributed by atoms with E-state index in [0.717, 1.165) is 19.4 Å². The van der Waals surface area contributed by atoms with Gasteiger partial charge in [-0.05, 0) is 12.8 Å². The topological polar surface area (TPSA) is 76.2 Å². The Hall–Kier alpha value is -1.72. The van der Waals surface area contributed by atoms with Crippen molar-refractivity contribution < 1.29 is 4.79 Å². The molecule has 1 fully saturated rings. The highest BCUT2D eigenvalue weighted by molar-refractivity contribution is 5.86. The SMILES string of the molecule is CNC(=O)C1CCCN1c1nn(C)cc1N. The fourth-order valence-corrected chi connectivity index (χ4v) is 2.18. The molecule has 0 saturated carbocycles. The second kappa shape index (κ2) is 4.03. The van der Waals surface area contributed by atoms with E-state index in [-0.39, 0.29) is 11.9 Å². The molecule has 0 radical (unpaired) electrons. The number of hydrogen-bond acceptors (Lipinski definition) is 4. The largest absolute Gasteiger partial charge is 0.394 e. The second-order valence-corrected chi connectivity index (χ2v) is 4.05. The van der Waals surface area contributed by atoms with E-state index in [0.29, 0.717) is 11.5 Å². The van der Waals surface area contributed by atoms with Gasteiger partial charge in [0.25, 0.3) is 0 Å². The van der Waals surface area contributed by atoms with Crippen LogP contribution in [0.25, 0.3) is 0 Å². The van der Waals surface area contributed by atoms with Crippen molar-refractivity contribution in [3.05, 3.63) is 6.20 Å². The van der Waals surface area contributed by atoms with Gasteiger partial charge in [-0.2, -0.15) is 5.10 Å². The minimum Gasteiger partial charge on any atom is -0.394 e. The maximum atomic E-state index is 11.7. The number of carbonyl (C=O) groups excluding carboxylic acids is 1. The third-order valence-corrected chi connectivity index (χ3v) is 2.91. The molecule has 0 bridgehead atoms. The monoisotopic (exact) mass is 223 g/mol. The Labute approximate surface area is 94.4 Å². The number of nitrogens with two attached hydrogens (primary N) is 1. The van der Waals surface area contributed by atoms with Gasteiger partial charge in [0.15, 0.2) is 5.82 Å². The molecule has 6 heteroatoms. The Kier molecular flexibility index (Phi) is 2.72. The number of carbonyl (C=O) groups is 1.